The maximum Gasteiger partial charge on any atom is 0.196 e. The molecule has 0 spiro atoms. The van der Waals surface area contributed by atoms with Crippen molar-refractivity contribution in [3.8, 4) is 17.1 Å². The van der Waals surface area contributed by atoms with E-state index < -0.39 is 0 Å². The number of benzene rings is 2. The number of carbonyl (C=O) groups is 1. The fraction of sp³-hybridized carbons (Fsp3) is 0.211. The van der Waals surface area contributed by atoms with Gasteiger partial charge in [-0.1, -0.05) is 35.5 Å². The Hall–Kier alpha value is -2.11. The molecule has 1 aromatic heterocycles. The summed E-state index contributed by atoms with van der Waals surface area (Å²) in [6, 6.07) is 15.7. The molecule has 0 bridgehead atoms. The molecule has 0 fully saturated rings. The molecule has 1 heterocycles. The van der Waals surface area contributed by atoms with Gasteiger partial charge in [0.1, 0.15) is 5.78 Å². The lowest BCUT2D eigenvalue weighted by molar-refractivity contribution is -0.116. The lowest BCUT2D eigenvalue weighted by Crippen LogP contribution is -2.01. The highest BCUT2D eigenvalue weighted by molar-refractivity contribution is 7.99. The molecule has 0 amide bonds. The van der Waals surface area contributed by atoms with Gasteiger partial charge in [-0.05, 0) is 55.8 Å². The Balaban J connectivity index is 2.04. The molecule has 0 aliphatic rings. The van der Waals surface area contributed by atoms with Gasteiger partial charge in [0.05, 0.1) is 0 Å². The standard InChI is InChI=1S/C19H18ClN3OS/c1-13-4-3-5-17(12-13)23-18(15-6-8-16(20)9-7-15)21-22-19(23)25-11-10-14(2)24/h3-9,12H,10-11H2,1-2H3. The van der Waals surface area contributed by atoms with Crippen LogP contribution in [0.25, 0.3) is 17.1 Å². The van der Waals surface area contributed by atoms with E-state index in [1.54, 1.807) is 6.92 Å². The first-order chi connectivity index (χ1) is 12.0. The van der Waals surface area contributed by atoms with Crippen LogP contribution in [0, 0.1) is 6.92 Å². The van der Waals surface area contributed by atoms with Crippen molar-refractivity contribution < 1.29 is 4.79 Å². The lowest BCUT2D eigenvalue weighted by Gasteiger charge is -2.11. The van der Waals surface area contributed by atoms with Crippen LogP contribution in [0.5, 0.6) is 0 Å². The zero-order chi connectivity index (χ0) is 17.8. The number of halogens is 1. The van der Waals surface area contributed by atoms with Gasteiger partial charge in [0, 0.05) is 28.4 Å². The average Bonchev–Trinajstić information content (AvgIpc) is 2.99. The molecule has 0 saturated heterocycles. The topological polar surface area (TPSA) is 47.8 Å². The zero-order valence-electron chi connectivity index (χ0n) is 14.1. The van der Waals surface area contributed by atoms with Crippen LogP contribution in [0.15, 0.2) is 53.7 Å². The van der Waals surface area contributed by atoms with Gasteiger partial charge in [-0.15, -0.1) is 10.2 Å². The summed E-state index contributed by atoms with van der Waals surface area (Å²) in [4.78, 5) is 11.2. The molecular formula is C19H18ClN3OS. The highest BCUT2D eigenvalue weighted by Crippen LogP contribution is 2.29. The first-order valence-electron chi connectivity index (χ1n) is 7.95. The highest BCUT2D eigenvalue weighted by Gasteiger charge is 2.16. The van der Waals surface area contributed by atoms with E-state index in [2.05, 4.69) is 29.3 Å². The largest absolute Gasteiger partial charge is 0.300 e. The van der Waals surface area contributed by atoms with E-state index in [4.69, 9.17) is 11.6 Å². The molecule has 2 aromatic carbocycles. The fourth-order valence-corrected chi connectivity index (χ4v) is 3.55. The van der Waals surface area contributed by atoms with Crippen LogP contribution in [-0.4, -0.2) is 26.3 Å². The van der Waals surface area contributed by atoms with E-state index in [0.717, 1.165) is 27.8 Å². The predicted octanol–water partition coefficient (Wildman–Crippen LogP) is 4.97. The predicted molar refractivity (Wildman–Crippen MR) is 103 cm³/mol. The highest BCUT2D eigenvalue weighted by atomic mass is 35.5. The number of aryl methyl sites for hydroxylation is 1. The Labute approximate surface area is 156 Å². The monoisotopic (exact) mass is 371 g/mol. The summed E-state index contributed by atoms with van der Waals surface area (Å²) in [5, 5.41) is 10.2. The van der Waals surface area contributed by atoms with Gasteiger partial charge in [-0.2, -0.15) is 0 Å². The van der Waals surface area contributed by atoms with Gasteiger partial charge < -0.3 is 0 Å². The van der Waals surface area contributed by atoms with Gasteiger partial charge in [0.25, 0.3) is 0 Å². The van der Waals surface area contributed by atoms with E-state index in [-0.39, 0.29) is 5.78 Å². The Bertz CT molecular complexity index is 890. The van der Waals surface area contributed by atoms with E-state index in [1.165, 1.54) is 11.8 Å². The molecule has 3 rings (SSSR count). The number of hydrogen-bond donors (Lipinski definition) is 0. The van der Waals surface area contributed by atoms with Crippen molar-refractivity contribution in [2.45, 2.75) is 25.4 Å². The molecule has 6 heteroatoms. The molecule has 0 aliphatic carbocycles. The second-order valence-electron chi connectivity index (χ2n) is 5.79. The van der Waals surface area contributed by atoms with Crippen molar-refractivity contribution >= 4 is 29.1 Å². The van der Waals surface area contributed by atoms with Gasteiger partial charge in [-0.25, -0.2) is 0 Å². The minimum absolute atomic E-state index is 0.173. The molecular weight excluding hydrogens is 354 g/mol. The minimum Gasteiger partial charge on any atom is -0.300 e. The summed E-state index contributed by atoms with van der Waals surface area (Å²) < 4.78 is 2.03. The molecule has 25 heavy (non-hydrogen) atoms. The second kappa shape index (κ2) is 7.85. The molecule has 0 unspecified atom stereocenters. The number of carbonyl (C=O) groups excluding carboxylic acids is 1. The van der Waals surface area contributed by atoms with E-state index in [1.807, 2.05) is 41.0 Å². The van der Waals surface area contributed by atoms with Crippen molar-refractivity contribution in [2.24, 2.45) is 0 Å². The summed E-state index contributed by atoms with van der Waals surface area (Å²) in [6.45, 7) is 3.66. The maximum absolute atomic E-state index is 11.2. The number of ketones is 1. The third-order valence-corrected chi connectivity index (χ3v) is 4.86. The molecule has 0 radical (unpaired) electrons. The molecule has 128 valence electrons. The number of thioether (sulfide) groups is 1. The molecule has 0 aliphatic heterocycles. The van der Waals surface area contributed by atoms with Crippen LogP contribution in [0.3, 0.4) is 0 Å². The summed E-state index contributed by atoms with van der Waals surface area (Å²) >= 11 is 7.54. The van der Waals surface area contributed by atoms with E-state index in [9.17, 15) is 4.79 Å². The van der Waals surface area contributed by atoms with Crippen LogP contribution in [0.2, 0.25) is 5.02 Å². The Kier molecular flexibility index (Phi) is 5.56. The molecule has 0 N–H and O–H groups in total. The van der Waals surface area contributed by atoms with Crippen LogP contribution in [0.1, 0.15) is 18.9 Å². The van der Waals surface area contributed by atoms with Gasteiger partial charge in [0.15, 0.2) is 11.0 Å². The van der Waals surface area contributed by atoms with Crippen molar-refractivity contribution in [1.29, 1.82) is 0 Å². The summed E-state index contributed by atoms with van der Waals surface area (Å²) in [5.74, 6) is 1.61. The quantitative estimate of drug-likeness (QED) is 0.574. The van der Waals surface area contributed by atoms with Gasteiger partial charge >= 0.3 is 0 Å². The number of aromatic nitrogens is 3. The van der Waals surface area contributed by atoms with Crippen LogP contribution < -0.4 is 0 Å². The van der Waals surface area contributed by atoms with E-state index >= 15 is 0 Å². The number of nitrogens with zero attached hydrogens (tertiary/aromatic N) is 3. The Morgan fingerprint density at radius 2 is 1.92 bits per heavy atom. The van der Waals surface area contributed by atoms with Crippen LogP contribution in [0.4, 0.5) is 0 Å². The SMILES string of the molecule is CC(=O)CCSc1nnc(-c2ccc(Cl)cc2)n1-c1cccc(C)c1. The second-order valence-corrected chi connectivity index (χ2v) is 7.29. The first kappa shape index (κ1) is 17.7. The minimum atomic E-state index is 0.173. The third-order valence-electron chi connectivity index (χ3n) is 3.68. The van der Waals surface area contributed by atoms with Crippen molar-refractivity contribution in [2.75, 3.05) is 5.75 Å². The van der Waals surface area contributed by atoms with Crippen molar-refractivity contribution in [3.05, 3.63) is 59.1 Å². The van der Waals surface area contributed by atoms with Crippen molar-refractivity contribution in [3.63, 3.8) is 0 Å². The van der Waals surface area contributed by atoms with Crippen LogP contribution in [-0.2, 0) is 4.79 Å². The fourth-order valence-electron chi connectivity index (χ4n) is 2.44. The lowest BCUT2D eigenvalue weighted by atomic mass is 10.2. The molecule has 4 nitrogen and oxygen atoms in total. The third kappa shape index (κ3) is 4.30. The number of Topliss-reactive ketones (excluding diaryl/α,β-unsaturated/α-hetero) is 1. The molecule has 3 aromatic rings. The zero-order valence-corrected chi connectivity index (χ0v) is 15.6. The number of hydrogen-bond acceptors (Lipinski definition) is 4. The summed E-state index contributed by atoms with van der Waals surface area (Å²) in [5.41, 5.74) is 3.10. The molecule has 0 atom stereocenters. The Morgan fingerprint density at radius 3 is 2.60 bits per heavy atom. The Morgan fingerprint density at radius 1 is 1.16 bits per heavy atom. The summed E-state index contributed by atoms with van der Waals surface area (Å²) in [6.07, 6.45) is 0.515. The normalized spacial score (nSPS) is 10.8. The number of rotatable bonds is 6. The summed E-state index contributed by atoms with van der Waals surface area (Å²) in [7, 11) is 0. The first-order valence-corrected chi connectivity index (χ1v) is 9.31. The van der Waals surface area contributed by atoms with Crippen LogP contribution >= 0.6 is 23.4 Å². The van der Waals surface area contributed by atoms with Crippen molar-refractivity contribution in [1.82, 2.24) is 14.8 Å². The van der Waals surface area contributed by atoms with Gasteiger partial charge in [0.2, 0.25) is 0 Å². The smallest absolute Gasteiger partial charge is 0.196 e. The maximum atomic E-state index is 11.2. The average molecular weight is 372 g/mol. The van der Waals surface area contributed by atoms with E-state index in [0.29, 0.717) is 17.2 Å². The molecule has 0 saturated carbocycles. The van der Waals surface area contributed by atoms with Gasteiger partial charge in [-0.3, -0.25) is 9.36 Å².